The second-order valence-electron chi connectivity index (χ2n) is 5.90. The molecule has 0 heterocycles. The van der Waals surface area contributed by atoms with Crippen LogP contribution in [0.3, 0.4) is 0 Å². The first-order valence-corrected chi connectivity index (χ1v) is 7.14. The molecule has 23 heavy (non-hydrogen) atoms. The van der Waals surface area contributed by atoms with E-state index in [-0.39, 0.29) is 5.97 Å². The van der Waals surface area contributed by atoms with Gasteiger partial charge in [-0.15, -0.1) is 0 Å². The van der Waals surface area contributed by atoms with Crippen LogP contribution in [0.25, 0.3) is 0 Å². The average molecular weight is 321 g/mol. The minimum atomic E-state index is -0.397. The Balaban J connectivity index is 0. The van der Waals surface area contributed by atoms with E-state index in [0.717, 1.165) is 5.56 Å². The highest BCUT2D eigenvalue weighted by Crippen LogP contribution is 2.09. The molecule has 0 aliphatic rings. The molecule has 0 radical (unpaired) electrons. The Morgan fingerprint density at radius 1 is 0.957 bits per heavy atom. The minimum absolute atomic E-state index is 0.177. The lowest BCUT2D eigenvalue weighted by Crippen LogP contribution is -2.24. The van der Waals surface area contributed by atoms with Crippen molar-refractivity contribution in [3.63, 3.8) is 0 Å². The van der Waals surface area contributed by atoms with Crippen molar-refractivity contribution < 1.29 is 12.3 Å². The van der Waals surface area contributed by atoms with E-state index in [1.165, 1.54) is 20.4 Å². The first-order valence-electron chi connectivity index (χ1n) is 9.14. The van der Waals surface area contributed by atoms with E-state index in [2.05, 4.69) is 19.1 Å². The van der Waals surface area contributed by atoms with E-state index in [1.807, 2.05) is 69.3 Å². The van der Waals surface area contributed by atoms with Crippen molar-refractivity contribution >= 4 is 5.97 Å². The van der Waals surface area contributed by atoms with Gasteiger partial charge >= 0.3 is 5.97 Å². The Labute approximate surface area is 145 Å². The number of carbonyl (C=O) groups excluding carboxylic acids is 1. The molecule has 0 N–H and O–H groups in total. The molecule has 2 heteroatoms. The van der Waals surface area contributed by atoms with Crippen molar-refractivity contribution in [1.29, 1.82) is 0 Å². The summed E-state index contributed by atoms with van der Waals surface area (Å²) in [4.78, 5) is 11.4. The van der Waals surface area contributed by atoms with Gasteiger partial charge in [-0.2, -0.15) is 0 Å². The molecule has 0 unspecified atom stereocenters. The third kappa shape index (κ3) is 12.2. The summed E-state index contributed by atoms with van der Waals surface area (Å²) < 4.78 is 16.7. The Bertz CT molecular complexity index is 535. The molecule has 128 valence electrons. The van der Waals surface area contributed by atoms with Crippen LogP contribution in [0.4, 0.5) is 0 Å². The zero-order valence-corrected chi connectivity index (χ0v) is 15.3. The van der Waals surface area contributed by atoms with Gasteiger partial charge in [0.05, 0.1) is 6.42 Å². The molecule has 0 spiro atoms. The predicted octanol–water partition coefficient (Wildman–Crippen LogP) is 5.84. The molecule has 2 aromatic carbocycles. The number of ether oxygens (including phenoxy) is 1. The minimum Gasteiger partial charge on any atom is -0.460 e. The maximum Gasteiger partial charge on any atom is 0.310 e. The van der Waals surface area contributed by atoms with Gasteiger partial charge < -0.3 is 4.74 Å². The lowest BCUT2D eigenvalue weighted by Gasteiger charge is -2.19. The van der Waals surface area contributed by atoms with E-state index in [4.69, 9.17) is 7.48 Å². The molecule has 0 aliphatic carbocycles. The third-order valence-electron chi connectivity index (χ3n) is 2.55. The van der Waals surface area contributed by atoms with Crippen LogP contribution < -0.4 is 0 Å². The van der Waals surface area contributed by atoms with Gasteiger partial charge in [-0.05, 0) is 33.3 Å². The van der Waals surface area contributed by atoms with Gasteiger partial charge in [0.1, 0.15) is 5.60 Å². The monoisotopic (exact) mass is 320 g/mol. The van der Waals surface area contributed by atoms with Gasteiger partial charge in [-0.3, -0.25) is 4.79 Å². The van der Waals surface area contributed by atoms with Crippen molar-refractivity contribution in [2.24, 2.45) is 0 Å². The maximum absolute atomic E-state index is 11.4. The van der Waals surface area contributed by atoms with Crippen LogP contribution in [-0.4, -0.2) is 11.6 Å². The summed E-state index contributed by atoms with van der Waals surface area (Å²) in [5.74, 6) is -0.177. The Morgan fingerprint density at radius 3 is 1.74 bits per heavy atom. The number of carbonyl (C=O) groups is 1. The SMILES string of the molecule is CC(C)(C)OC(=O)Cc1ccccc1.Cc1ccccc1.[3H]C.[3H]C. The number of esters is 1. The lowest BCUT2D eigenvalue weighted by molar-refractivity contribution is -0.153. The molecule has 0 saturated heterocycles. The van der Waals surface area contributed by atoms with Crippen LogP contribution in [0.15, 0.2) is 60.7 Å². The van der Waals surface area contributed by atoms with Crippen molar-refractivity contribution in [3.8, 4) is 0 Å². The first kappa shape index (κ1) is 19.0. The molecule has 0 bridgehead atoms. The molecule has 0 fully saturated rings. The Hall–Kier alpha value is -2.09. The smallest absolute Gasteiger partial charge is 0.310 e. The summed E-state index contributed by atoms with van der Waals surface area (Å²) in [6.07, 6.45) is 0.345. The predicted molar refractivity (Wildman–Crippen MR) is 101 cm³/mol. The molecule has 0 amide bonds. The number of aryl methyl sites for hydroxylation is 1. The lowest BCUT2D eigenvalue weighted by atomic mass is 10.1. The van der Waals surface area contributed by atoms with E-state index >= 15 is 0 Å². The molecule has 0 atom stereocenters. The van der Waals surface area contributed by atoms with E-state index in [1.54, 1.807) is 0 Å². The molecule has 0 aromatic heterocycles. The highest BCUT2D eigenvalue weighted by Gasteiger charge is 2.15. The highest BCUT2D eigenvalue weighted by molar-refractivity contribution is 5.72. The largest absolute Gasteiger partial charge is 0.460 e. The van der Waals surface area contributed by atoms with Crippen LogP contribution >= 0.6 is 0 Å². The zero-order chi connectivity index (χ0) is 19.7. The average Bonchev–Trinajstić information content (AvgIpc) is 2.59. The van der Waals surface area contributed by atoms with Crippen LogP contribution in [0.1, 0.15) is 49.4 Å². The number of hydrogen-bond donors (Lipinski definition) is 0. The Morgan fingerprint density at radius 2 is 1.39 bits per heavy atom. The Kier molecular flexibility index (Phi) is 9.46. The van der Waals surface area contributed by atoms with Gasteiger partial charge in [0.2, 0.25) is 0 Å². The number of rotatable bonds is 2. The summed E-state index contributed by atoms with van der Waals surface area (Å²) in [7, 11) is 2.50. The van der Waals surface area contributed by atoms with Gasteiger partial charge in [-0.1, -0.05) is 81.0 Å². The van der Waals surface area contributed by atoms with Crippen LogP contribution in [-0.2, 0) is 16.0 Å². The second-order valence-corrected chi connectivity index (χ2v) is 5.90. The topological polar surface area (TPSA) is 26.3 Å². The van der Waals surface area contributed by atoms with Crippen LogP contribution in [0.5, 0.6) is 0 Å². The maximum atomic E-state index is 11.4. The quantitative estimate of drug-likeness (QED) is 0.650. The number of hydrogen-bond acceptors (Lipinski definition) is 2. The number of benzene rings is 2. The summed E-state index contributed by atoms with van der Waals surface area (Å²) in [5.41, 5.74) is 1.91. The normalized spacial score (nSPS) is 10.0. The highest BCUT2D eigenvalue weighted by atomic mass is 16.6. The molecular formula is C21H32O2. The van der Waals surface area contributed by atoms with Crippen molar-refractivity contribution in [2.75, 3.05) is 0 Å². The summed E-state index contributed by atoms with van der Waals surface area (Å²) in [5, 5.41) is 0. The van der Waals surface area contributed by atoms with Crippen LogP contribution in [0, 0.1) is 6.92 Å². The standard InChI is InChI=1S/C12H16O2.C7H8.2CH4/c1-12(2,3)14-11(13)9-10-7-5-4-6-8-10;1-7-5-3-2-4-6-7;;/h4-8H,9H2,1-3H3;2-6H,1H3;2*1H4/i;;2*1T. The van der Waals surface area contributed by atoms with Crippen molar-refractivity contribution in [1.82, 2.24) is 0 Å². The summed E-state index contributed by atoms with van der Waals surface area (Å²) >= 11 is 0. The first-order chi connectivity index (χ1) is 11.9. The van der Waals surface area contributed by atoms with Gasteiger partial charge in [0.15, 0.2) is 0 Å². The van der Waals surface area contributed by atoms with Crippen molar-refractivity contribution in [3.05, 3.63) is 71.8 Å². The zero-order valence-electron chi connectivity index (χ0n) is 17.3. The molecule has 2 nitrogen and oxygen atoms in total. The molecule has 0 saturated carbocycles. The van der Waals surface area contributed by atoms with E-state index in [9.17, 15) is 4.79 Å². The van der Waals surface area contributed by atoms with E-state index in [0.29, 0.717) is 6.42 Å². The summed E-state index contributed by atoms with van der Waals surface area (Å²) in [6.45, 7) is 7.70. The van der Waals surface area contributed by atoms with E-state index < -0.39 is 5.60 Å². The fraction of sp³-hybridized carbons (Fsp3) is 0.381. The van der Waals surface area contributed by atoms with Gasteiger partial charge in [0.25, 0.3) is 0 Å². The summed E-state index contributed by atoms with van der Waals surface area (Å²) in [6, 6.07) is 19.9. The molecule has 2 rings (SSSR count). The molecular weight excluding hydrogens is 284 g/mol. The fourth-order valence-corrected chi connectivity index (χ4v) is 1.67. The fourth-order valence-electron chi connectivity index (χ4n) is 1.67. The molecule has 2 aromatic rings. The van der Waals surface area contributed by atoms with Crippen molar-refractivity contribution in [2.45, 2.75) is 54.5 Å². The second kappa shape index (κ2) is 11.5. The van der Waals surface area contributed by atoms with Gasteiger partial charge in [-0.25, -0.2) is 0 Å². The van der Waals surface area contributed by atoms with Gasteiger partial charge in [0, 0.05) is 2.74 Å². The molecule has 0 aliphatic heterocycles. The third-order valence-corrected chi connectivity index (χ3v) is 2.55. The van der Waals surface area contributed by atoms with Crippen LogP contribution in [0.2, 0.25) is 0 Å².